The second-order valence-corrected chi connectivity index (χ2v) is 5.33. The van der Waals surface area contributed by atoms with Gasteiger partial charge in [-0.2, -0.15) is 13.2 Å². The van der Waals surface area contributed by atoms with Gasteiger partial charge in [-0.05, 0) is 24.6 Å². The molecule has 1 aromatic carbocycles. The summed E-state index contributed by atoms with van der Waals surface area (Å²) >= 11 is 9.38. The fourth-order valence-corrected chi connectivity index (χ4v) is 2.34. The summed E-state index contributed by atoms with van der Waals surface area (Å²) in [6.45, 7) is 0.989. The van der Waals surface area contributed by atoms with Crippen LogP contribution in [0.5, 0.6) is 0 Å². The summed E-state index contributed by atoms with van der Waals surface area (Å²) in [5.41, 5.74) is 0.890. The number of halogens is 5. The fraction of sp³-hybridized carbons (Fsp3) is 0.500. The maximum absolute atomic E-state index is 11.8. The number of benzene rings is 1. The van der Waals surface area contributed by atoms with Crippen LogP contribution in [0.4, 0.5) is 13.2 Å². The molecule has 0 saturated carbocycles. The molecular formula is C12H14BrClF3NO. The molecule has 19 heavy (non-hydrogen) atoms. The first kappa shape index (κ1) is 16.8. The summed E-state index contributed by atoms with van der Waals surface area (Å²) in [6, 6.07) is 5.44. The lowest BCUT2D eigenvalue weighted by Gasteiger charge is -2.16. The lowest BCUT2D eigenvalue weighted by Crippen LogP contribution is -2.26. The minimum absolute atomic E-state index is 0.00199. The minimum atomic E-state index is -4.28. The molecule has 0 saturated heterocycles. The number of alkyl halides is 3. The largest absolute Gasteiger partial charge is 0.411 e. The Hall–Kier alpha value is -0.300. The molecule has 0 heterocycles. The van der Waals surface area contributed by atoms with E-state index in [9.17, 15) is 13.2 Å². The van der Waals surface area contributed by atoms with E-state index >= 15 is 0 Å². The van der Waals surface area contributed by atoms with E-state index in [2.05, 4.69) is 26.0 Å². The lowest BCUT2D eigenvalue weighted by atomic mass is 10.1. The van der Waals surface area contributed by atoms with Crippen molar-refractivity contribution in [2.45, 2.75) is 19.1 Å². The highest BCUT2D eigenvalue weighted by atomic mass is 79.9. The molecule has 7 heteroatoms. The van der Waals surface area contributed by atoms with Gasteiger partial charge >= 0.3 is 6.18 Å². The summed E-state index contributed by atoms with van der Waals surface area (Å²) in [5, 5.41) is 3.66. The van der Waals surface area contributed by atoms with E-state index in [0.29, 0.717) is 11.6 Å². The van der Waals surface area contributed by atoms with E-state index in [-0.39, 0.29) is 12.6 Å². The van der Waals surface area contributed by atoms with Crippen molar-refractivity contribution in [2.24, 2.45) is 0 Å². The Kier molecular flexibility index (Phi) is 6.59. The quantitative estimate of drug-likeness (QED) is 0.762. The smallest absolute Gasteiger partial charge is 0.371 e. The number of ether oxygens (including phenoxy) is 1. The lowest BCUT2D eigenvalue weighted by molar-refractivity contribution is -0.173. The molecule has 0 amide bonds. The van der Waals surface area contributed by atoms with Crippen LogP contribution in [0.1, 0.15) is 18.5 Å². The first-order chi connectivity index (χ1) is 8.79. The van der Waals surface area contributed by atoms with Gasteiger partial charge in [0.2, 0.25) is 0 Å². The van der Waals surface area contributed by atoms with Crippen molar-refractivity contribution >= 4 is 27.5 Å². The number of nitrogens with one attached hydrogen (secondary N) is 1. The van der Waals surface area contributed by atoms with Gasteiger partial charge in [0.25, 0.3) is 0 Å². The zero-order valence-electron chi connectivity index (χ0n) is 10.2. The molecule has 2 nitrogen and oxygen atoms in total. The van der Waals surface area contributed by atoms with Crippen LogP contribution in [-0.2, 0) is 4.74 Å². The molecule has 1 unspecified atom stereocenters. The number of rotatable bonds is 6. The van der Waals surface area contributed by atoms with Crippen LogP contribution >= 0.6 is 27.5 Å². The van der Waals surface area contributed by atoms with Gasteiger partial charge in [0, 0.05) is 22.1 Å². The Bertz CT molecular complexity index is 414. The summed E-state index contributed by atoms with van der Waals surface area (Å²) in [4.78, 5) is 0. The first-order valence-corrected chi connectivity index (χ1v) is 6.79. The van der Waals surface area contributed by atoms with Crippen molar-refractivity contribution in [1.82, 2.24) is 5.32 Å². The van der Waals surface area contributed by atoms with Crippen LogP contribution in [0.3, 0.4) is 0 Å². The third-order valence-electron chi connectivity index (χ3n) is 2.39. The maximum atomic E-state index is 11.8. The van der Waals surface area contributed by atoms with E-state index in [1.807, 2.05) is 19.1 Å². The zero-order chi connectivity index (χ0) is 14.5. The molecule has 0 aromatic heterocycles. The van der Waals surface area contributed by atoms with E-state index in [0.717, 1.165) is 10.0 Å². The highest BCUT2D eigenvalue weighted by molar-refractivity contribution is 9.10. The van der Waals surface area contributed by atoms with E-state index in [4.69, 9.17) is 11.6 Å². The van der Waals surface area contributed by atoms with Crippen LogP contribution in [-0.4, -0.2) is 25.9 Å². The molecule has 1 N–H and O–H groups in total. The van der Waals surface area contributed by atoms with Gasteiger partial charge in [-0.3, -0.25) is 0 Å². The minimum Gasteiger partial charge on any atom is -0.371 e. The summed E-state index contributed by atoms with van der Waals surface area (Å²) in [5.74, 6) is 0. The van der Waals surface area contributed by atoms with Gasteiger partial charge < -0.3 is 10.1 Å². The van der Waals surface area contributed by atoms with Crippen LogP contribution < -0.4 is 5.32 Å². The highest BCUT2D eigenvalue weighted by Gasteiger charge is 2.27. The van der Waals surface area contributed by atoms with Crippen LogP contribution in [0.15, 0.2) is 22.7 Å². The second-order valence-electron chi connectivity index (χ2n) is 4.01. The van der Waals surface area contributed by atoms with E-state index < -0.39 is 12.8 Å². The van der Waals surface area contributed by atoms with Gasteiger partial charge in [-0.25, -0.2) is 0 Å². The normalized spacial score (nSPS) is 13.6. The van der Waals surface area contributed by atoms with Crippen LogP contribution in [0.25, 0.3) is 0 Å². The average Bonchev–Trinajstić information content (AvgIpc) is 2.26. The van der Waals surface area contributed by atoms with Gasteiger partial charge in [0.15, 0.2) is 0 Å². The molecule has 0 aliphatic carbocycles. The van der Waals surface area contributed by atoms with Crippen molar-refractivity contribution in [1.29, 1.82) is 0 Å². The van der Waals surface area contributed by atoms with Crippen LogP contribution in [0, 0.1) is 0 Å². The standard InChI is InChI=1S/C12H14BrClF3NO/c1-8(10-3-2-9(13)6-11(10)14)18-4-5-19-7-12(15,16)17/h2-3,6,8,18H,4-5,7H2,1H3. The molecule has 1 atom stereocenters. The second kappa shape index (κ2) is 7.47. The summed E-state index contributed by atoms with van der Waals surface area (Å²) in [6.07, 6.45) is -4.28. The Morgan fingerprint density at radius 3 is 2.68 bits per heavy atom. The number of hydrogen-bond donors (Lipinski definition) is 1. The Labute approximate surface area is 123 Å². The van der Waals surface area contributed by atoms with Crippen molar-refractivity contribution in [3.8, 4) is 0 Å². The predicted molar refractivity (Wildman–Crippen MR) is 72.4 cm³/mol. The van der Waals surface area contributed by atoms with Gasteiger partial charge in [-0.1, -0.05) is 33.6 Å². The maximum Gasteiger partial charge on any atom is 0.411 e. The Morgan fingerprint density at radius 1 is 1.42 bits per heavy atom. The molecule has 0 aliphatic rings. The summed E-state index contributed by atoms with van der Waals surface area (Å²) < 4.78 is 40.9. The third-order valence-corrected chi connectivity index (χ3v) is 3.21. The van der Waals surface area contributed by atoms with Crippen molar-refractivity contribution in [3.63, 3.8) is 0 Å². The third kappa shape index (κ3) is 6.61. The average molecular weight is 361 g/mol. The first-order valence-electron chi connectivity index (χ1n) is 5.62. The SMILES string of the molecule is CC(NCCOCC(F)(F)F)c1ccc(Br)cc1Cl. The molecule has 0 radical (unpaired) electrons. The molecule has 0 aliphatic heterocycles. The Morgan fingerprint density at radius 2 is 2.11 bits per heavy atom. The molecular weight excluding hydrogens is 346 g/mol. The zero-order valence-corrected chi connectivity index (χ0v) is 12.6. The van der Waals surface area contributed by atoms with E-state index in [1.165, 1.54) is 0 Å². The van der Waals surface area contributed by atoms with Crippen molar-refractivity contribution < 1.29 is 17.9 Å². The molecule has 1 rings (SSSR count). The van der Waals surface area contributed by atoms with Crippen LogP contribution in [0.2, 0.25) is 5.02 Å². The van der Waals surface area contributed by atoms with Crippen molar-refractivity contribution in [2.75, 3.05) is 19.8 Å². The summed E-state index contributed by atoms with van der Waals surface area (Å²) in [7, 11) is 0. The predicted octanol–water partition coefficient (Wildman–Crippen LogP) is 4.33. The van der Waals surface area contributed by atoms with Gasteiger partial charge in [0.1, 0.15) is 6.61 Å². The Balaban J connectivity index is 2.33. The fourth-order valence-electron chi connectivity index (χ4n) is 1.50. The molecule has 0 fully saturated rings. The molecule has 0 spiro atoms. The number of hydrogen-bond acceptors (Lipinski definition) is 2. The van der Waals surface area contributed by atoms with Gasteiger partial charge in [0.05, 0.1) is 6.61 Å². The molecule has 1 aromatic rings. The molecule has 0 bridgehead atoms. The monoisotopic (exact) mass is 359 g/mol. The van der Waals surface area contributed by atoms with E-state index in [1.54, 1.807) is 6.07 Å². The topological polar surface area (TPSA) is 21.3 Å². The van der Waals surface area contributed by atoms with Gasteiger partial charge in [-0.15, -0.1) is 0 Å². The highest BCUT2D eigenvalue weighted by Crippen LogP contribution is 2.26. The van der Waals surface area contributed by atoms with Crippen molar-refractivity contribution in [3.05, 3.63) is 33.3 Å². The molecule has 108 valence electrons.